The number of hydrogen-bond donors (Lipinski definition) is 2. The van der Waals surface area contributed by atoms with Crippen molar-refractivity contribution in [2.75, 3.05) is 5.75 Å². The quantitative estimate of drug-likeness (QED) is 0.631. The van der Waals surface area contributed by atoms with Gasteiger partial charge in [0.25, 0.3) is 0 Å². The molecule has 0 bridgehead atoms. The van der Waals surface area contributed by atoms with Gasteiger partial charge in [0.2, 0.25) is 0 Å². The van der Waals surface area contributed by atoms with Crippen LogP contribution in [0, 0.1) is 5.41 Å². The zero-order valence-electron chi connectivity index (χ0n) is 10.2. The molecule has 1 aliphatic heterocycles. The van der Waals surface area contributed by atoms with Gasteiger partial charge in [0.05, 0.1) is 6.04 Å². The molecule has 90 valence electrons. The first-order valence-corrected chi connectivity index (χ1v) is 7.65. The van der Waals surface area contributed by atoms with Crippen molar-refractivity contribution in [3.05, 3.63) is 21.4 Å². The fourth-order valence-electron chi connectivity index (χ4n) is 2.07. The number of nitrogens with two attached hydrogens (primary N) is 1. The van der Waals surface area contributed by atoms with Crippen LogP contribution in [0.4, 0.5) is 0 Å². The highest BCUT2D eigenvalue weighted by molar-refractivity contribution is 7.98. The zero-order valence-corrected chi connectivity index (χ0v) is 11.8. The summed E-state index contributed by atoms with van der Waals surface area (Å²) in [4.78, 5) is 2.96. The van der Waals surface area contributed by atoms with Gasteiger partial charge in [0.1, 0.15) is 0 Å². The Hall–Kier alpha value is -0.0300. The molecule has 1 unspecified atom stereocenters. The summed E-state index contributed by atoms with van der Waals surface area (Å²) < 4.78 is 0. The maximum atomic E-state index is 5.70. The number of hydrogen-bond acceptors (Lipinski definition) is 4. The number of aryl methyl sites for hydroxylation is 1. The topological polar surface area (TPSA) is 38.0 Å². The molecule has 0 spiro atoms. The molecule has 4 heteroatoms. The van der Waals surface area contributed by atoms with Gasteiger partial charge >= 0.3 is 0 Å². The van der Waals surface area contributed by atoms with E-state index in [2.05, 4.69) is 32.3 Å². The molecule has 1 atom stereocenters. The average Bonchev–Trinajstić information content (AvgIpc) is 2.59. The van der Waals surface area contributed by atoms with E-state index in [1.54, 1.807) is 4.88 Å². The summed E-state index contributed by atoms with van der Waals surface area (Å²) in [6.07, 6.45) is 1.23. The molecule has 0 fully saturated rings. The van der Waals surface area contributed by atoms with Crippen molar-refractivity contribution in [1.82, 2.24) is 5.43 Å². The van der Waals surface area contributed by atoms with E-state index in [0.717, 1.165) is 0 Å². The second-order valence-corrected chi connectivity index (χ2v) is 7.64. The van der Waals surface area contributed by atoms with Crippen molar-refractivity contribution >= 4 is 23.1 Å². The van der Waals surface area contributed by atoms with Gasteiger partial charge in [-0.3, -0.25) is 11.3 Å². The Bertz CT molecular complexity index is 342. The lowest BCUT2D eigenvalue weighted by molar-refractivity contribution is 0.279. The number of hydrazine groups is 1. The lowest BCUT2D eigenvalue weighted by Gasteiger charge is -2.29. The van der Waals surface area contributed by atoms with Crippen molar-refractivity contribution in [3.8, 4) is 0 Å². The Morgan fingerprint density at radius 3 is 2.75 bits per heavy atom. The molecule has 1 aromatic heterocycles. The summed E-state index contributed by atoms with van der Waals surface area (Å²) in [6, 6.07) is 2.61. The van der Waals surface area contributed by atoms with E-state index >= 15 is 0 Å². The van der Waals surface area contributed by atoms with E-state index in [-0.39, 0.29) is 11.5 Å². The Morgan fingerprint density at radius 2 is 2.19 bits per heavy atom. The molecular weight excluding hydrogens is 236 g/mol. The highest BCUT2D eigenvalue weighted by Crippen LogP contribution is 2.40. The van der Waals surface area contributed by atoms with Gasteiger partial charge in [-0.2, -0.15) is 11.8 Å². The number of fused-ring (bicyclic) bond motifs is 1. The van der Waals surface area contributed by atoms with Crippen LogP contribution in [0.2, 0.25) is 0 Å². The molecule has 1 aliphatic rings. The summed E-state index contributed by atoms with van der Waals surface area (Å²) in [6.45, 7) is 6.68. The minimum absolute atomic E-state index is 0.162. The molecule has 16 heavy (non-hydrogen) atoms. The lowest BCUT2D eigenvalue weighted by Crippen LogP contribution is -2.36. The van der Waals surface area contributed by atoms with Gasteiger partial charge in [-0.25, -0.2) is 0 Å². The predicted octanol–water partition coefficient (Wildman–Crippen LogP) is 3.09. The monoisotopic (exact) mass is 256 g/mol. The Morgan fingerprint density at radius 1 is 1.44 bits per heavy atom. The third-order valence-electron chi connectivity index (χ3n) is 2.96. The van der Waals surface area contributed by atoms with Crippen LogP contribution in [0.1, 0.15) is 42.1 Å². The van der Waals surface area contributed by atoms with E-state index in [9.17, 15) is 0 Å². The van der Waals surface area contributed by atoms with Crippen LogP contribution in [-0.4, -0.2) is 5.75 Å². The van der Waals surface area contributed by atoms with Crippen LogP contribution in [0.5, 0.6) is 0 Å². The van der Waals surface area contributed by atoms with Crippen LogP contribution in [-0.2, 0) is 12.2 Å². The van der Waals surface area contributed by atoms with Crippen LogP contribution < -0.4 is 11.3 Å². The standard InChI is InChI=1S/C12H20N2S2/c1-12(2,3)11(14-13)10-6-8-7-15-5-4-9(8)16-10/h6,11,14H,4-5,7,13H2,1-3H3. The van der Waals surface area contributed by atoms with Crippen molar-refractivity contribution in [2.24, 2.45) is 11.3 Å². The largest absolute Gasteiger partial charge is 0.271 e. The maximum absolute atomic E-state index is 5.70. The Kier molecular flexibility index (Phi) is 3.64. The van der Waals surface area contributed by atoms with E-state index in [0.29, 0.717) is 0 Å². The fourth-order valence-corrected chi connectivity index (χ4v) is 4.75. The van der Waals surface area contributed by atoms with Gasteiger partial charge in [-0.15, -0.1) is 11.3 Å². The van der Waals surface area contributed by atoms with Crippen LogP contribution in [0.3, 0.4) is 0 Å². The average molecular weight is 256 g/mol. The third-order valence-corrected chi connectivity index (χ3v) is 5.27. The van der Waals surface area contributed by atoms with E-state index in [1.165, 1.54) is 28.4 Å². The molecule has 3 N–H and O–H groups in total. The molecule has 0 aliphatic carbocycles. The second kappa shape index (κ2) is 4.69. The molecular formula is C12H20N2S2. The predicted molar refractivity (Wildman–Crippen MR) is 73.7 cm³/mol. The first-order chi connectivity index (χ1) is 7.52. The van der Waals surface area contributed by atoms with E-state index in [1.807, 2.05) is 23.1 Å². The van der Waals surface area contributed by atoms with Crippen molar-refractivity contribution < 1.29 is 0 Å². The molecule has 2 nitrogen and oxygen atoms in total. The Balaban J connectivity index is 2.29. The summed E-state index contributed by atoms with van der Waals surface area (Å²) in [5.74, 6) is 8.14. The number of rotatable bonds is 2. The molecule has 2 rings (SSSR count). The fraction of sp³-hybridized carbons (Fsp3) is 0.667. The van der Waals surface area contributed by atoms with E-state index in [4.69, 9.17) is 5.84 Å². The SMILES string of the molecule is CC(C)(C)C(NN)c1cc2c(s1)CCSC2. The van der Waals surface area contributed by atoms with Crippen LogP contribution in [0.25, 0.3) is 0 Å². The number of nitrogens with one attached hydrogen (secondary N) is 1. The smallest absolute Gasteiger partial charge is 0.0601 e. The minimum Gasteiger partial charge on any atom is -0.271 e. The van der Waals surface area contributed by atoms with Gasteiger partial charge in [0, 0.05) is 15.5 Å². The minimum atomic E-state index is 0.162. The van der Waals surface area contributed by atoms with Gasteiger partial charge in [-0.05, 0) is 29.2 Å². The van der Waals surface area contributed by atoms with Crippen molar-refractivity contribution in [3.63, 3.8) is 0 Å². The lowest BCUT2D eigenvalue weighted by atomic mass is 9.86. The summed E-state index contributed by atoms with van der Waals surface area (Å²) in [5, 5.41) is 0. The summed E-state index contributed by atoms with van der Waals surface area (Å²) in [5.41, 5.74) is 4.66. The molecule has 1 aromatic rings. The van der Waals surface area contributed by atoms with Crippen LogP contribution >= 0.6 is 23.1 Å². The van der Waals surface area contributed by atoms with E-state index < -0.39 is 0 Å². The molecule has 2 heterocycles. The molecule has 0 amide bonds. The molecule has 0 saturated heterocycles. The Labute approximate surface area is 106 Å². The van der Waals surface area contributed by atoms with Crippen molar-refractivity contribution in [2.45, 2.75) is 39.0 Å². The van der Waals surface area contributed by atoms with Gasteiger partial charge < -0.3 is 0 Å². The molecule has 0 radical (unpaired) electrons. The molecule has 0 saturated carbocycles. The normalized spacial score (nSPS) is 18.2. The zero-order chi connectivity index (χ0) is 11.8. The number of thioether (sulfide) groups is 1. The van der Waals surface area contributed by atoms with Gasteiger partial charge in [-0.1, -0.05) is 20.8 Å². The van der Waals surface area contributed by atoms with Crippen LogP contribution in [0.15, 0.2) is 6.07 Å². The first-order valence-electron chi connectivity index (χ1n) is 5.67. The molecule has 0 aromatic carbocycles. The first kappa shape index (κ1) is 12.4. The summed E-state index contributed by atoms with van der Waals surface area (Å²) >= 11 is 3.97. The van der Waals surface area contributed by atoms with Crippen molar-refractivity contribution in [1.29, 1.82) is 0 Å². The highest BCUT2D eigenvalue weighted by Gasteiger charge is 2.28. The third kappa shape index (κ3) is 2.45. The number of thiophene rings is 1. The second-order valence-electron chi connectivity index (χ2n) is 5.37. The van der Waals surface area contributed by atoms with Gasteiger partial charge in [0.15, 0.2) is 0 Å². The highest BCUT2D eigenvalue weighted by atomic mass is 32.2. The summed E-state index contributed by atoms with van der Waals surface area (Å²) in [7, 11) is 0. The maximum Gasteiger partial charge on any atom is 0.0601 e.